The van der Waals surface area contributed by atoms with Crippen LogP contribution in [0.5, 0.6) is 0 Å². The van der Waals surface area contributed by atoms with Crippen molar-refractivity contribution in [2.24, 2.45) is 0 Å². The number of aliphatic hydroxyl groups excluding tert-OH is 1. The van der Waals surface area contributed by atoms with Gasteiger partial charge in [-0.1, -0.05) is 12.8 Å². The van der Waals surface area contributed by atoms with Gasteiger partial charge in [0.05, 0.1) is 12.1 Å². The predicted octanol–water partition coefficient (Wildman–Crippen LogP) is 2.99. The molecule has 0 bridgehead atoms. The van der Waals surface area contributed by atoms with E-state index in [0.29, 0.717) is 25.9 Å². The Morgan fingerprint density at radius 1 is 1.12 bits per heavy atom. The van der Waals surface area contributed by atoms with Crippen LogP contribution in [0.2, 0.25) is 0 Å². The Morgan fingerprint density at radius 3 is 2.25 bits per heavy atom. The molecule has 1 saturated heterocycles. The van der Waals surface area contributed by atoms with E-state index in [1.165, 1.54) is 0 Å². The highest BCUT2D eigenvalue weighted by atomic mass is 19.1. The first-order valence-electron chi connectivity index (χ1n) is 8.47. The molecule has 3 N–H and O–H groups in total. The molecule has 2 fully saturated rings. The van der Waals surface area contributed by atoms with Crippen LogP contribution in [0.3, 0.4) is 0 Å². The molecular formula is C17H23F2N3O2. The van der Waals surface area contributed by atoms with E-state index < -0.39 is 23.2 Å². The van der Waals surface area contributed by atoms with E-state index in [9.17, 15) is 18.7 Å². The Balaban J connectivity index is 1.70. The van der Waals surface area contributed by atoms with Crippen LogP contribution in [-0.4, -0.2) is 36.4 Å². The van der Waals surface area contributed by atoms with Crippen LogP contribution in [0, 0.1) is 11.6 Å². The van der Waals surface area contributed by atoms with Crippen LogP contribution in [0.1, 0.15) is 38.5 Å². The standard InChI is InChI=1S/C17H23F2N3O2/c18-13-9-12(10-14(19)15(13)22-7-3-4-8-22)20-16(24)21-17(11-23)5-1-2-6-17/h9-10,23H,1-8,11H2,(H2,20,21,24). The molecule has 1 saturated carbocycles. The van der Waals surface area contributed by atoms with Crippen molar-refractivity contribution in [2.45, 2.75) is 44.1 Å². The van der Waals surface area contributed by atoms with Gasteiger partial charge in [-0.15, -0.1) is 0 Å². The van der Waals surface area contributed by atoms with Crippen LogP contribution in [0.25, 0.3) is 0 Å². The summed E-state index contributed by atoms with van der Waals surface area (Å²) in [6, 6.07) is 1.71. The SMILES string of the molecule is O=C(Nc1cc(F)c(N2CCCC2)c(F)c1)NC1(CO)CCCC1. The van der Waals surface area contributed by atoms with Crippen molar-refractivity contribution in [2.75, 3.05) is 29.9 Å². The summed E-state index contributed by atoms with van der Waals surface area (Å²) in [4.78, 5) is 13.8. The number of anilines is 2. The smallest absolute Gasteiger partial charge is 0.319 e. The zero-order valence-electron chi connectivity index (χ0n) is 13.6. The Bertz CT molecular complexity index is 589. The van der Waals surface area contributed by atoms with E-state index in [2.05, 4.69) is 10.6 Å². The average molecular weight is 339 g/mol. The number of urea groups is 1. The Hall–Kier alpha value is -1.89. The van der Waals surface area contributed by atoms with Gasteiger partial charge in [0, 0.05) is 18.8 Å². The summed E-state index contributed by atoms with van der Waals surface area (Å²) in [5.41, 5.74) is -0.589. The number of carbonyl (C=O) groups is 1. The Kier molecular flexibility index (Phi) is 4.89. The van der Waals surface area contributed by atoms with Crippen LogP contribution in [0.15, 0.2) is 12.1 Å². The molecule has 2 aliphatic rings. The maximum atomic E-state index is 14.3. The van der Waals surface area contributed by atoms with Crippen LogP contribution in [0.4, 0.5) is 25.0 Å². The number of benzene rings is 1. The van der Waals surface area contributed by atoms with E-state index in [-0.39, 0.29) is 18.0 Å². The molecule has 3 rings (SSSR count). The molecule has 1 aliphatic carbocycles. The highest BCUT2D eigenvalue weighted by Gasteiger charge is 2.34. The summed E-state index contributed by atoms with van der Waals surface area (Å²) in [7, 11) is 0. The molecule has 0 aromatic heterocycles. The average Bonchev–Trinajstić information content (AvgIpc) is 3.19. The molecule has 24 heavy (non-hydrogen) atoms. The molecule has 1 aliphatic heterocycles. The summed E-state index contributed by atoms with van der Waals surface area (Å²) in [6.07, 6.45) is 5.12. The number of carbonyl (C=O) groups excluding carboxylic acids is 1. The fourth-order valence-corrected chi connectivity index (χ4v) is 3.66. The number of hydrogen-bond donors (Lipinski definition) is 3. The van der Waals surface area contributed by atoms with Crippen molar-refractivity contribution in [3.63, 3.8) is 0 Å². The summed E-state index contributed by atoms with van der Waals surface area (Å²) >= 11 is 0. The third-order valence-corrected chi connectivity index (χ3v) is 4.94. The number of hydrogen-bond acceptors (Lipinski definition) is 3. The zero-order chi connectivity index (χ0) is 17.2. The van der Waals surface area contributed by atoms with Gasteiger partial charge in [-0.05, 0) is 37.8 Å². The minimum atomic E-state index is -0.676. The first-order valence-corrected chi connectivity index (χ1v) is 8.47. The van der Waals surface area contributed by atoms with Gasteiger partial charge in [-0.3, -0.25) is 0 Å². The molecule has 5 nitrogen and oxygen atoms in total. The molecule has 0 spiro atoms. The fraction of sp³-hybridized carbons (Fsp3) is 0.588. The maximum Gasteiger partial charge on any atom is 0.319 e. The minimum Gasteiger partial charge on any atom is -0.394 e. The van der Waals surface area contributed by atoms with Crippen molar-refractivity contribution in [1.29, 1.82) is 0 Å². The van der Waals surface area contributed by atoms with Crippen LogP contribution < -0.4 is 15.5 Å². The quantitative estimate of drug-likeness (QED) is 0.790. The molecule has 132 valence electrons. The number of aliphatic hydroxyl groups is 1. The predicted molar refractivity (Wildman–Crippen MR) is 88.2 cm³/mol. The highest BCUT2D eigenvalue weighted by Crippen LogP contribution is 2.31. The van der Waals surface area contributed by atoms with Crippen molar-refractivity contribution in [3.05, 3.63) is 23.8 Å². The second-order valence-corrected chi connectivity index (χ2v) is 6.71. The molecular weight excluding hydrogens is 316 g/mol. The minimum absolute atomic E-state index is 0.0268. The first kappa shape index (κ1) is 17.0. The number of nitrogens with one attached hydrogen (secondary N) is 2. The summed E-state index contributed by atoms with van der Waals surface area (Å²) in [5.74, 6) is -1.35. The van der Waals surface area contributed by atoms with E-state index in [0.717, 1.165) is 37.8 Å². The maximum absolute atomic E-state index is 14.3. The lowest BCUT2D eigenvalue weighted by molar-refractivity contribution is 0.167. The third-order valence-electron chi connectivity index (χ3n) is 4.94. The molecule has 7 heteroatoms. The second kappa shape index (κ2) is 6.93. The van der Waals surface area contributed by atoms with Gasteiger partial charge < -0.3 is 20.6 Å². The van der Waals surface area contributed by atoms with Crippen molar-refractivity contribution in [3.8, 4) is 0 Å². The molecule has 1 aromatic carbocycles. The molecule has 0 atom stereocenters. The number of amides is 2. The van der Waals surface area contributed by atoms with Crippen LogP contribution in [-0.2, 0) is 0 Å². The van der Waals surface area contributed by atoms with E-state index in [4.69, 9.17) is 0 Å². The lowest BCUT2D eigenvalue weighted by Gasteiger charge is -2.28. The monoisotopic (exact) mass is 339 g/mol. The Labute approximate surface area is 140 Å². The number of rotatable bonds is 4. The number of nitrogens with zero attached hydrogens (tertiary/aromatic N) is 1. The Morgan fingerprint density at radius 2 is 1.71 bits per heavy atom. The highest BCUT2D eigenvalue weighted by molar-refractivity contribution is 5.90. The summed E-state index contributed by atoms with van der Waals surface area (Å²) in [5, 5.41) is 14.7. The van der Waals surface area contributed by atoms with Gasteiger partial charge in [-0.2, -0.15) is 0 Å². The first-order chi connectivity index (χ1) is 11.5. The molecule has 0 unspecified atom stereocenters. The van der Waals surface area contributed by atoms with E-state index in [1.54, 1.807) is 4.90 Å². The fourth-order valence-electron chi connectivity index (χ4n) is 3.66. The number of halogens is 2. The second-order valence-electron chi connectivity index (χ2n) is 6.71. The summed E-state index contributed by atoms with van der Waals surface area (Å²) in [6.45, 7) is 1.14. The van der Waals surface area contributed by atoms with Crippen LogP contribution >= 0.6 is 0 Å². The van der Waals surface area contributed by atoms with Crippen molar-refractivity contribution >= 4 is 17.4 Å². The molecule has 0 radical (unpaired) electrons. The zero-order valence-corrected chi connectivity index (χ0v) is 13.6. The van der Waals surface area contributed by atoms with Gasteiger partial charge in [0.25, 0.3) is 0 Å². The third kappa shape index (κ3) is 3.45. The summed E-state index contributed by atoms with van der Waals surface area (Å²) < 4.78 is 28.5. The largest absolute Gasteiger partial charge is 0.394 e. The lowest BCUT2D eigenvalue weighted by Crippen LogP contribution is -2.50. The molecule has 2 amide bonds. The normalized spacial score (nSPS) is 19.5. The van der Waals surface area contributed by atoms with Crippen molar-refractivity contribution in [1.82, 2.24) is 5.32 Å². The lowest BCUT2D eigenvalue weighted by atomic mass is 9.99. The molecule has 1 heterocycles. The van der Waals surface area contributed by atoms with Gasteiger partial charge >= 0.3 is 6.03 Å². The molecule has 1 aromatic rings. The van der Waals surface area contributed by atoms with E-state index >= 15 is 0 Å². The van der Waals surface area contributed by atoms with Gasteiger partial charge in [0.1, 0.15) is 5.69 Å². The van der Waals surface area contributed by atoms with Gasteiger partial charge in [0.15, 0.2) is 11.6 Å². The topological polar surface area (TPSA) is 64.6 Å². The van der Waals surface area contributed by atoms with Crippen molar-refractivity contribution < 1.29 is 18.7 Å². The van der Waals surface area contributed by atoms with Gasteiger partial charge in [-0.25, -0.2) is 13.6 Å². The van der Waals surface area contributed by atoms with Gasteiger partial charge in [0.2, 0.25) is 0 Å². The van der Waals surface area contributed by atoms with E-state index in [1.807, 2.05) is 0 Å².